The maximum Gasteiger partial charge on any atom is 0.241 e. The first-order valence-corrected chi connectivity index (χ1v) is 6.58. The molecule has 5 nitrogen and oxygen atoms in total. The predicted molar refractivity (Wildman–Crippen MR) is 67.2 cm³/mol. The first kappa shape index (κ1) is 12.9. The molecule has 0 radical (unpaired) electrons. The van der Waals surface area contributed by atoms with Gasteiger partial charge < -0.3 is 11.1 Å². The number of nitrogens with two attached hydrogens (primary N) is 1. The van der Waals surface area contributed by atoms with Crippen LogP contribution in [0.5, 0.6) is 0 Å². The molecule has 1 unspecified atom stereocenters. The molecule has 1 aromatic heterocycles. The molecule has 0 spiro atoms. The molecule has 0 aromatic carbocycles. The van der Waals surface area contributed by atoms with Crippen LogP contribution in [0.1, 0.15) is 13.3 Å². The Morgan fingerprint density at radius 1 is 1.75 bits per heavy atom. The van der Waals surface area contributed by atoms with Crippen molar-refractivity contribution in [3.63, 3.8) is 0 Å². The average molecular weight is 242 g/mol. The van der Waals surface area contributed by atoms with Gasteiger partial charge >= 0.3 is 0 Å². The van der Waals surface area contributed by atoms with Gasteiger partial charge in [0.05, 0.1) is 0 Å². The fourth-order valence-corrected chi connectivity index (χ4v) is 1.89. The van der Waals surface area contributed by atoms with Gasteiger partial charge in [0.25, 0.3) is 0 Å². The molecule has 0 aliphatic heterocycles. The van der Waals surface area contributed by atoms with Crippen LogP contribution in [0.2, 0.25) is 0 Å². The third-order valence-electron chi connectivity index (χ3n) is 2.13. The number of carbonyl (C=O) groups excluding carboxylic acids is 1. The SMILES string of the molecule is CSCCC(C)NC(=O)Cn1ccc(N)n1. The molecule has 0 saturated carbocycles. The zero-order valence-electron chi connectivity index (χ0n) is 9.64. The molecule has 6 heteroatoms. The van der Waals surface area contributed by atoms with Gasteiger partial charge in [0.15, 0.2) is 0 Å². The largest absolute Gasteiger partial charge is 0.382 e. The number of amides is 1. The van der Waals surface area contributed by atoms with E-state index >= 15 is 0 Å². The van der Waals surface area contributed by atoms with Crippen molar-refractivity contribution in [3.05, 3.63) is 12.3 Å². The third-order valence-corrected chi connectivity index (χ3v) is 2.77. The average Bonchev–Trinajstić information content (AvgIpc) is 2.60. The molecule has 90 valence electrons. The number of carbonyl (C=O) groups is 1. The Morgan fingerprint density at radius 2 is 2.50 bits per heavy atom. The number of hydrogen-bond donors (Lipinski definition) is 2. The molecular formula is C10H18N4OS. The van der Waals surface area contributed by atoms with E-state index in [0.717, 1.165) is 12.2 Å². The Balaban J connectivity index is 2.30. The Morgan fingerprint density at radius 3 is 3.06 bits per heavy atom. The first-order chi connectivity index (χ1) is 7.61. The summed E-state index contributed by atoms with van der Waals surface area (Å²) < 4.78 is 1.53. The zero-order chi connectivity index (χ0) is 12.0. The highest BCUT2D eigenvalue weighted by Gasteiger charge is 2.07. The van der Waals surface area contributed by atoms with Crippen LogP contribution in [-0.2, 0) is 11.3 Å². The van der Waals surface area contributed by atoms with E-state index in [-0.39, 0.29) is 18.5 Å². The van der Waals surface area contributed by atoms with Crippen molar-refractivity contribution < 1.29 is 4.79 Å². The van der Waals surface area contributed by atoms with Crippen LogP contribution in [0.4, 0.5) is 5.82 Å². The monoisotopic (exact) mass is 242 g/mol. The fraction of sp³-hybridized carbons (Fsp3) is 0.600. The molecule has 0 fully saturated rings. The number of hydrogen-bond acceptors (Lipinski definition) is 4. The maximum atomic E-state index is 11.6. The Bertz CT molecular complexity index is 339. The van der Waals surface area contributed by atoms with Crippen molar-refractivity contribution in [1.82, 2.24) is 15.1 Å². The molecule has 16 heavy (non-hydrogen) atoms. The van der Waals surface area contributed by atoms with E-state index in [4.69, 9.17) is 5.73 Å². The molecule has 0 aliphatic carbocycles. The second-order valence-corrected chi connectivity index (χ2v) is 4.67. The van der Waals surface area contributed by atoms with Gasteiger partial charge in [-0.2, -0.15) is 16.9 Å². The van der Waals surface area contributed by atoms with Crippen molar-refractivity contribution in [2.24, 2.45) is 0 Å². The van der Waals surface area contributed by atoms with Crippen molar-refractivity contribution in [2.45, 2.75) is 25.9 Å². The second-order valence-electron chi connectivity index (χ2n) is 3.69. The molecule has 1 rings (SSSR count). The Kier molecular flexibility index (Phi) is 5.18. The van der Waals surface area contributed by atoms with Crippen LogP contribution < -0.4 is 11.1 Å². The number of nitrogens with one attached hydrogen (secondary N) is 1. The highest BCUT2D eigenvalue weighted by atomic mass is 32.2. The van der Waals surface area contributed by atoms with Crippen molar-refractivity contribution in [1.29, 1.82) is 0 Å². The topological polar surface area (TPSA) is 72.9 Å². The summed E-state index contributed by atoms with van der Waals surface area (Å²) in [5.41, 5.74) is 5.45. The molecule has 1 heterocycles. The number of nitrogen functional groups attached to an aromatic ring is 1. The number of rotatable bonds is 6. The molecule has 3 N–H and O–H groups in total. The van der Waals surface area contributed by atoms with Crippen LogP contribution in [0.3, 0.4) is 0 Å². The summed E-state index contributed by atoms with van der Waals surface area (Å²) in [7, 11) is 0. The molecule has 0 aliphatic rings. The minimum atomic E-state index is -0.0308. The van der Waals surface area contributed by atoms with Gasteiger partial charge in [-0.25, -0.2) is 0 Å². The van der Waals surface area contributed by atoms with E-state index in [2.05, 4.69) is 16.7 Å². The molecular weight excluding hydrogens is 224 g/mol. The smallest absolute Gasteiger partial charge is 0.241 e. The highest BCUT2D eigenvalue weighted by Crippen LogP contribution is 2.00. The molecule has 1 atom stereocenters. The van der Waals surface area contributed by atoms with Crippen LogP contribution in [-0.4, -0.2) is 33.7 Å². The summed E-state index contributed by atoms with van der Waals surface area (Å²) >= 11 is 1.78. The van der Waals surface area contributed by atoms with E-state index in [9.17, 15) is 4.79 Å². The van der Waals surface area contributed by atoms with Gasteiger partial charge in [-0.3, -0.25) is 9.48 Å². The number of thioether (sulfide) groups is 1. The molecule has 1 aromatic rings. The van der Waals surface area contributed by atoms with E-state index in [1.807, 2.05) is 6.92 Å². The summed E-state index contributed by atoms with van der Waals surface area (Å²) in [5, 5.41) is 6.87. The number of anilines is 1. The maximum absolute atomic E-state index is 11.6. The van der Waals surface area contributed by atoms with Gasteiger partial charge in [0.2, 0.25) is 5.91 Å². The normalized spacial score (nSPS) is 12.4. The van der Waals surface area contributed by atoms with Gasteiger partial charge in [0.1, 0.15) is 12.4 Å². The fourth-order valence-electron chi connectivity index (χ4n) is 1.30. The lowest BCUT2D eigenvalue weighted by Crippen LogP contribution is -2.35. The van der Waals surface area contributed by atoms with E-state index < -0.39 is 0 Å². The van der Waals surface area contributed by atoms with Gasteiger partial charge in [-0.1, -0.05) is 0 Å². The quantitative estimate of drug-likeness (QED) is 0.771. The van der Waals surface area contributed by atoms with Crippen LogP contribution in [0.15, 0.2) is 12.3 Å². The summed E-state index contributed by atoms with van der Waals surface area (Å²) in [5.74, 6) is 1.45. The zero-order valence-corrected chi connectivity index (χ0v) is 10.5. The van der Waals surface area contributed by atoms with Crippen molar-refractivity contribution >= 4 is 23.5 Å². The lowest BCUT2D eigenvalue weighted by Gasteiger charge is -2.12. The van der Waals surface area contributed by atoms with Crippen LogP contribution in [0, 0.1) is 0 Å². The van der Waals surface area contributed by atoms with E-state index in [1.165, 1.54) is 4.68 Å². The Labute approximate surface area is 99.8 Å². The lowest BCUT2D eigenvalue weighted by atomic mass is 10.2. The standard InChI is InChI=1S/C10H18N4OS/c1-8(4-6-16-2)12-10(15)7-14-5-3-9(11)13-14/h3,5,8H,4,6-7H2,1-2H3,(H2,11,13)(H,12,15). The second kappa shape index (κ2) is 6.42. The van der Waals surface area contributed by atoms with E-state index in [0.29, 0.717) is 5.82 Å². The minimum Gasteiger partial charge on any atom is -0.382 e. The van der Waals surface area contributed by atoms with Gasteiger partial charge in [-0.05, 0) is 31.4 Å². The molecule has 0 saturated heterocycles. The summed E-state index contributed by atoms with van der Waals surface area (Å²) in [6.45, 7) is 2.23. The Hall–Kier alpha value is -1.17. The predicted octanol–water partition coefficient (Wildman–Crippen LogP) is 0.723. The minimum absolute atomic E-state index is 0.0308. The molecule has 1 amide bonds. The third kappa shape index (κ3) is 4.57. The molecule has 0 bridgehead atoms. The van der Waals surface area contributed by atoms with Crippen LogP contribution in [0.25, 0.3) is 0 Å². The summed E-state index contributed by atoms with van der Waals surface area (Å²) in [6, 6.07) is 1.87. The number of nitrogens with zero attached hydrogens (tertiary/aromatic N) is 2. The van der Waals surface area contributed by atoms with Gasteiger partial charge in [0, 0.05) is 12.2 Å². The highest BCUT2D eigenvalue weighted by molar-refractivity contribution is 7.98. The lowest BCUT2D eigenvalue weighted by molar-refractivity contribution is -0.122. The number of aromatic nitrogens is 2. The van der Waals surface area contributed by atoms with E-state index in [1.54, 1.807) is 24.0 Å². The first-order valence-electron chi connectivity index (χ1n) is 5.19. The van der Waals surface area contributed by atoms with Crippen molar-refractivity contribution in [3.8, 4) is 0 Å². The summed E-state index contributed by atoms with van der Waals surface area (Å²) in [6.07, 6.45) is 4.73. The summed E-state index contributed by atoms with van der Waals surface area (Å²) in [4.78, 5) is 11.6. The van der Waals surface area contributed by atoms with Crippen LogP contribution >= 0.6 is 11.8 Å². The van der Waals surface area contributed by atoms with Crippen molar-refractivity contribution in [2.75, 3.05) is 17.7 Å². The van der Waals surface area contributed by atoms with Gasteiger partial charge in [-0.15, -0.1) is 0 Å².